The van der Waals surface area contributed by atoms with Crippen LogP contribution in [-0.2, 0) is 4.74 Å². The van der Waals surface area contributed by atoms with Crippen molar-refractivity contribution in [3.05, 3.63) is 18.5 Å². The molecular formula is C12H17N3O. The Hall–Kier alpha value is -1.16. The molecule has 3 rings (SSSR count). The Morgan fingerprint density at radius 3 is 2.50 bits per heavy atom. The van der Waals surface area contributed by atoms with Crippen LogP contribution in [0.2, 0.25) is 0 Å². The predicted molar refractivity (Wildman–Crippen MR) is 61.4 cm³/mol. The molecule has 86 valence electrons. The van der Waals surface area contributed by atoms with Crippen molar-refractivity contribution in [2.75, 3.05) is 24.6 Å². The number of ether oxygens (including phenoxy) is 1. The highest BCUT2D eigenvalue weighted by Crippen LogP contribution is 2.36. The maximum absolute atomic E-state index is 5.90. The second-order valence-electron chi connectivity index (χ2n) is 4.67. The standard InChI is InChI=1S/C12H17N3O/c1-3-12(16-10-1)4-8-15(9-5-12)11-13-6-2-7-14-11/h2,6-7H,1,3-5,8-10H2. The molecule has 2 aliphatic heterocycles. The van der Waals surface area contributed by atoms with Gasteiger partial charge in [-0.1, -0.05) is 0 Å². The Bertz CT molecular complexity index is 339. The molecule has 0 bridgehead atoms. The van der Waals surface area contributed by atoms with Crippen LogP contribution in [0.25, 0.3) is 0 Å². The lowest BCUT2D eigenvalue weighted by Gasteiger charge is -2.38. The molecule has 4 nitrogen and oxygen atoms in total. The van der Waals surface area contributed by atoms with Gasteiger partial charge in [-0.25, -0.2) is 9.97 Å². The zero-order chi connectivity index (χ0) is 10.8. The normalized spacial score (nSPS) is 23.9. The molecule has 0 amide bonds. The van der Waals surface area contributed by atoms with Gasteiger partial charge in [0.15, 0.2) is 0 Å². The summed E-state index contributed by atoms with van der Waals surface area (Å²) in [4.78, 5) is 10.8. The van der Waals surface area contributed by atoms with Gasteiger partial charge in [0.2, 0.25) is 5.95 Å². The summed E-state index contributed by atoms with van der Waals surface area (Å²) in [5.41, 5.74) is 0.186. The average molecular weight is 219 g/mol. The van der Waals surface area contributed by atoms with Crippen LogP contribution < -0.4 is 4.90 Å². The molecule has 0 aliphatic carbocycles. The first kappa shape index (κ1) is 10.0. The van der Waals surface area contributed by atoms with Crippen LogP contribution in [0.15, 0.2) is 18.5 Å². The molecule has 0 N–H and O–H groups in total. The second kappa shape index (κ2) is 4.01. The highest BCUT2D eigenvalue weighted by Gasteiger charge is 2.38. The van der Waals surface area contributed by atoms with Gasteiger partial charge in [0.25, 0.3) is 0 Å². The molecule has 16 heavy (non-hydrogen) atoms. The SMILES string of the molecule is c1cnc(N2CCC3(CCCO3)CC2)nc1. The van der Waals surface area contributed by atoms with Gasteiger partial charge in [-0.3, -0.25) is 0 Å². The molecule has 0 aromatic carbocycles. The lowest BCUT2D eigenvalue weighted by molar-refractivity contribution is -0.0147. The smallest absolute Gasteiger partial charge is 0.225 e. The van der Waals surface area contributed by atoms with E-state index in [0.717, 1.165) is 38.5 Å². The van der Waals surface area contributed by atoms with E-state index in [4.69, 9.17) is 4.74 Å². The van der Waals surface area contributed by atoms with Gasteiger partial charge in [0.05, 0.1) is 5.60 Å². The van der Waals surface area contributed by atoms with Crippen LogP contribution in [0.4, 0.5) is 5.95 Å². The summed E-state index contributed by atoms with van der Waals surface area (Å²) in [6.45, 7) is 2.98. The Labute approximate surface area is 95.7 Å². The van der Waals surface area contributed by atoms with Crippen LogP contribution in [-0.4, -0.2) is 35.3 Å². The monoisotopic (exact) mass is 219 g/mol. The van der Waals surface area contributed by atoms with E-state index in [2.05, 4.69) is 14.9 Å². The van der Waals surface area contributed by atoms with E-state index in [1.807, 2.05) is 6.07 Å². The van der Waals surface area contributed by atoms with E-state index in [1.54, 1.807) is 12.4 Å². The van der Waals surface area contributed by atoms with Crippen molar-refractivity contribution in [3.8, 4) is 0 Å². The van der Waals surface area contributed by atoms with E-state index < -0.39 is 0 Å². The Morgan fingerprint density at radius 1 is 1.12 bits per heavy atom. The maximum Gasteiger partial charge on any atom is 0.225 e. The molecule has 2 fully saturated rings. The van der Waals surface area contributed by atoms with Crippen LogP contribution in [0, 0.1) is 0 Å². The van der Waals surface area contributed by atoms with Crippen LogP contribution in [0.3, 0.4) is 0 Å². The summed E-state index contributed by atoms with van der Waals surface area (Å²) in [7, 11) is 0. The number of rotatable bonds is 1. The van der Waals surface area contributed by atoms with Crippen molar-refractivity contribution in [2.45, 2.75) is 31.3 Å². The van der Waals surface area contributed by atoms with Crippen LogP contribution in [0.5, 0.6) is 0 Å². The maximum atomic E-state index is 5.90. The fraction of sp³-hybridized carbons (Fsp3) is 0.667. The van der Waals surface area contributed by atoms with Gasteiger partial charge in [-0.15, -0.1) is 0 Å². The third-order valence-electron chi connectivity index (χ3n) is 3.69. The molecule has 0 saturated carbocycles. The molecule has 0 unspecified atom stereocenters. The van der Waals surface area contributed by atoms with E-state index in [1.165, 1.54) is 12.8 Å². The number of anilines is 1. The van der Waals surface area contributed by atoms with Gasteiger partial charge in [0, 0.05) is 32.1 Å². The zero-order valence-corrected chi connectivity index (χ0v) is 9.43. The van der Waals surface area contributed by atoms with E-state index in [0.29, 0.717) is 0 Å². The largest absolute Gasteiger partial charge is 0.375 e. The molecule has 0 atom stereocenters. The summed E-state index contributed by atoms with van der Waals surface area (Å²) in [6, 6.07) is 1.86. The number of hydrogen-bond donors (Lipinski definition) is 0. The first-order chi connectivity index (χ1) is 7.88. The van der Waals surface area contributed by atoms with Gasteiger partial charge in [-0.05, 0) is 31.7 Å². The van der Waals surface area contributed by atoms with Crippen molar-refractivity contribution in [3.63, 3.8) is 0 Å². The quantitative estimate of drug-likeness (QED) is 0.719. The lowest BCUT2D eigenvalue weighted by Crippen LogP contribution is -2.44. The molecule has 3 heterocycles. The van der Waals surface area contributed by atoms with Crippen molar-refractivity contribution in [1.82, 2.24) is 9.97 Å². The molecule has 2 aliphatic rings. The molecule has 2 saturated heterocycles. The van der Waals surface area contributed by atoms with Gasteiger partial charge in [-0.2, -0.15) is 0 Å². The summed E-state index contributed by atoms with van der Waals surface area (Å²) in [5, 5.41) is 0. The predicted octanol–water partition coefficient (Wildman–Crippen LogP) is 1.63. The Morgan fingerprint density at radius 2 is 1.88 bits per heavy atom. The first-order valence-electron chi connectivity index (χ1n) is 6.04. The van der Waals surface area contributed by atoms with Gasteiger partial charge >= 0.3 is 0 Å². The summed E-state index contributed by atoms with van der Waals surface area (Å²) in [6.07, 6.45) is 8.30. The van der Waals surface area contributed by atoms with Gasteiger partial charge < -0.3 is 9.64 Å². The van der Waals surface area contributed by atoms with Crippen molar-refractivity contribution < 1.29 is 4.74 Å². The van der Waals surface area contributed by atoms with Crippen LogP contribution in [0.1, 0.15) is 25.7 Å². The Kier molecular flexibility index (Phi) is 2.52. The Balaban J connectivity index is 1.66. The van der Waals surface area contributed by atoms with Crippen molar-refractivity contribution >= 4 is 5.95 Å². The number of piperidine rings is 1. The molecule has 1 aromatic heterocycles. The zero-order valence-electron chi connectivity index (χ0n) is 9.43. The lowest BCUT2D eigenvalue weighted by atomic mass is 9.89. The highest BCUT2D eigenvalue weighted by molar-refractivity contribution is 5.29. The molecule has 0 radical (unpaired) electrons. The van der Waals surface area contributed by atoms with E-state index in [-0.39, 0.29) is 5.60 Å². The third-order valence-corrected chi connectivity index (χ3v) is 3.69. The van der Waals surface area contributed by atoms with Crippen molar-refractivity contribution in [2.24, 2.45) is 0 Å². The fourth-order valence-electron chi connectivity index (χ4n) is 2.72. The second-order valence-corrected chi connectivity index (χ2v) is 4.67. The summed E-state index contributed by atoms with van der Waals surface area (Å²) in [5.74, 6) is 0.857. The molecule has 1 spiro atoms. The molecular weight excluding hydrogens is 202 g/mol. The molecule has 4 heteroatoms. The van der Waals surface area contributed by atoms with E-state index >= 15 is 0 Å². The van der Waals surface area contributed by atoms with Crippen molar-refractivity contribution in [1.29, 1.82) is 0 Å². The minimum absolute atomic E-state index is 0.186. The highest BCUT2D eigenvalue weighted by atomic mass is 16.5. The number of aromatic nitrogens is 2. The first-order valence-corrected chi connectivity index (χ1v) is 6.04. The van der Waals surface area contributed by atoms with E-state index in [9.17, 15) is 0 Å². The number of hydrogen-bond acceptors (Lipinski definition) is 4. The average Bonchev–Trinajstić information content (AvgIpc) is 2.80. The summed E-state index contributed by atoms with van der Waals surface area (Å²) < 4.78 is 5.90. The topological polar surface area (TPSA) is 38.2 Å². The fourth-order valence-corrected chi connectivity index (χ4v) is 2.72. The number of nitrogens with zero attached hydrogens (tertiary/aromatic N) is 3. The minimum Gasteiger partial charge on any atom is -0.375 e. The molecule has 1 aromatic rings. The minimum atomic E-state index is 0.186. The summed E-state index contributed by atoms with van der Waals surface area (Å²) >= 11 is 0. The van der Waals surface area contributed by atoms with Crippen LogP contribution >= 0.6 is 0 Å². The van der Waals surface area contributed by atoms with Gasteiger partial charge in [0.1, 0.15) is 0 Å². The third kappa shape index (κ3) is 1.78.